The van der Waals surface area contributed by atoms with Crippen LogP contribution >= 0.6 is 11.8 Å². The molecule has 0 aliphatic heterocycles. The molecule has 152 valence electrons. The van der Waals surface area contributed by atoms with Crippen LogP contribution in [0.4, 0.5) is 0 Å². The van der Waals surface area contributed by atoms with Crippen molar-refractivity contribution >= 4 is 17.7 Å². The molecule has 3 rings (SSSR count). The van der Waals surface area contributed by atoms with Crippen molar-refractivity contribution < 1.29 is 9.53 Å². The van der Waals surface area contributed by atoms with E-state index in [4.69, 9.17) is 10.5 Å². The zero-order valence-electron chi connectivity index (χ0n) is 17.2. The van der Waals surface area contributed by atoms with Crippen LogP contribution in [0.1, 0.15) is 32.8 Å². The average Bonchev–Trinajstić information content (AvgIpc) is 3.11. The van der Waals surface area contributed by atoms with Crippen LogP contribution in [-0.4, -0.2) is 33.5 Å². The van der Waals surface area contributed by atoms with Gasteiger partial charge in [0.05, 0.1) is 7.11 Å². The van der Waals surface area contributed by atoms with Crippen molar-refractivity contribution in [2.75, 3.05) is 12.9 Å². The lowest BCUT2D eigenvalue weighted by Gasteiger charge is -2.19. The van der Waals surface area contributed by atoms with Gasteiger partial charge in [0, 0.05) is 23.4 Å². The Kier molecular flexibility index (Phi) is 6.27. The minimum absolute atomic E-state index is 0.0813. The zero-order chi connectivity index (χ0) is 21.0. The molecule has 0 aliphatic rings. The number of rotatable bonds is 7. The molecule has 6 nitrogen and oxygen atoms in total. The van der Waals surface area contributed by atoms with Crippen molar-refractivity contribution in [3.63, 3.8) is 0 Å². The number of carbonyl (C=O) groups is 1. The van der Waals surface area contributed by atoms with Gasteiger partial charge >= 0.3 is 0 Å². The van der Waals surface area contributed by atoms with E-state index in [9.17, 15) is 4.79 Å². The molecule has 0 atom stereocenters. The summed E-state index contributed by atoms with van der Waals surface area (Å²) in [4.78, 5) is 11.1. The quantitative estimate of drug-likeness (QED) is 0.590. The first-order chi connectivity index (χ1) is 13.8. The molecular formula is C22H26N4O2S. The van der Waals surface area contributed by atoms with Crippen molar-refractivity contribution in [2.45, 2.75) is 37.8 Å². The fourth-order valence-corrected chi connectivity index (χ4v) is 3.78. The maximum atomic E-state index is 11.1. The van der Waals surface area contributed by atoms with Gasteiger partial charge in [0.1, 0.15) is 5.75 Å². The molecule has 0 saturated heterocycles. The Morgan fingerprint density at radius 3 is 2.28 bits per heavy atom. The van der Waals surface area contributed by atoms with E-state index in [2.05, 4.69) is 55.2 Å². The molecule has 0 unspecified atom stereocenters. The van der Waals surface area contributed by atoms with E-state index in [0.717, 1.165) is 22.8 Å². The molecule has 3 aromatic rings. The van der Waals surface area contributed by atoms with E-state index in [1.165, 1.54) is 17.3 Å². The van der Waals surface area contributed by atoms with Crippen molar-refractivity contribution in [3.05, 3.63) is 54.1 Å². The Hall–Kier alpha value is -2.80. The number of methoxy groups -OCH3 is 1. The summed E-state index contributed by atoms with van der Waals surface area (Å²) >= 11 is 1.46. The van der Waals surface area contributed by atoms with Crippen LogP contribution in [0.2, 0.25) is 0 Å². The Morgan fingerprint density at radius 2 is 1.72 bits per heavy atom. The molecule has 1 amide bonds. The molecule has 0 bridgehead atoms. The topological polar surface area (TPSA) is 83.0 Å². The van der Waals surface area contributed by atoms with Gasteiger partial charge in [0.25, 0.3) is 0 Å². The molecular weight excluding hydrogens is 384 g/mol. The van der Waals surface area contributed by atoms with Gasteiger partial charge in [0.2, 0.25) is 5.91 Å². The van der Waals surface area contributed by atoms with E-state index >= 15 is 0 Å². The number of benzene rings is 2. The SMILES string of the molecule is COc1ccc(-n2c(SCCC(N)=O)nnc2-c2ccc(C(C)(C)C)cc2)cc1. The molecule has 1 heterocycles. The number of amides is 1. The predicted octanol–water partition coefficient (Wildman–Crippen LogP) is 4.21. The van der Waals surface area contributed by atoms with Crippen molar-refractivity contribution in [1.82, 2.24) is 14.8 Å². The number of primary amides is 1. The van der Waals surface area contributed by atoms with Crippen molar-refractivity contribution in [2.24, 2.45) is 5.73 Å². The van der Waals surface area contributed by atoms with Gasteiger partial charge in [-0.25, -0.2) is 0 Å². The molecule has 7 heteroatoms. The number of aromatic nitrogens is 3. The second kappa shape index (κ2) is 8.69. The van der Waals surface area contributed by atoms with E-state index in [1.807, 2.05) is 28.8 Å². The largest absolute Gasteiger partial charge is 0.497 e. The van der Waals surface area contributed by atoms with Crippen LogP contribution in [0, 0.1) is 0 Å². The highest BCUT2D eigenvalue weighted by Gasteiger charge is 2.18. The van der Waals surface area contributed by atoms with Gasteiger partial charge in [-0.3, -0.25) is 9.36 Å². The molecule has 0 aliphatic carbocycles. The molecule has 2 N–H and O–H groups in total. The van der Waals surface area contributed by atoms with Crippen LogP contribution in [0.25, 0.3) is 17.1 Å². The summed E-state index contributed by atoms with van der Waals surface area (Å²) in [5.41, 5.74) is 8.51. The van der Waals surface area contributed by atoms with E-state index < -0.39 is 0 Å². The third-order valence-corrected chi connectivity index (χ3v) is 5.48. The molecule has 0 spiro atoms. The summed E-state index contributed by atoms with van der Waals surface area (Å²) in [6.45, 7) is 6.57. The van der Waals surface area contributed by atoms with Crippen LogP contribution in [0.3, 0.4) is 0 Å². The van der Waals surface area contributed by atoms with Crippen LogP contribution in [-0.2, 0) is 10.2 Å². The van der Waals surface area contributed by atoms with Gasteiger partial charge < -0.3 is 10.5 Å². The maximum Gasteiger partial charge on any atom is 0.218 e. The number of nitrogens with zero attached hydrogens (tertiary/aromatic N) is 3. The molecule has 0 saturated carbocycles. The van der Waals surface area contributed by atoms with Gasteiger partial charge in [0.15, 0.2) is 11.0 Å². The van der Waals surface area contributed by atoms with Crippen molar-refractivity contribution in [1.29, 1.82) is 0 Å². The van der Waals surface area contributed by atoms with Gasteiger partial charge in [-0.2, -0.15) is 0 Å². The molecule has 29 heavy (non-hydrogen) atoms. The highest BCUT2D eigenvalue weighted by atomic mass is 32.2. The monoisotopic (exact) mass is 410 g/mol. The number of thioether (sulfide) groups is 1. The maximum absolute atomic E-state index is 11.1. The Morgan fingerprint density at radius 1 is 1.07 bits per heavy atom. The molecule has 2 aromatic carbocycles. The van der Waals surface area contributed by atoms with E-state index in [0.29, 0.717) is 10.9 Å². The smallest absolute Gasteiger partial charge is 0.218 e. The number of ether oxygens (including phenoxy) is 1. The van der Waals surface area contributed by atoms with Crippen LogP contribution in [0.15, 0.2) is 53.7 Å². The first-order valence-electron chi connectivity index (χ1n) is 9.41. The summed E-state index contributed by atoms with van der Waals surface area (Å²) in [6, 6.07) is 16.1. The summed E-state index contributed by atoms with van der Waals surface area (Å²) < 4.78 is 7.27. The fraction of sp³-hybridized carbons (Fsp3) is 0.318. The highest BCUT2D eigenvalue weighted by molar-refractivity contribution is 7.99. The second-order valence-electron chi connectivity index (χ2n) is 7.73. The lowest BCUT2D eigenvalue weighted by Crippen LogP contribution is -2.11. The summed E-state index contributed by atoms with van der Waals surface area (Å²) in [5.74, 6) is 1.75. The predicted molar refractivity (Wildman–Crippen MR) is 117 cm³/mol. The molecule has 0 radical (unpaired) electrons. The van der Waals surface area contributed by atoms with Gasteiger partial charge in [-0.1, -0.05) is 56.8 Å². The first-order valence-corrected chi connectivity index (χ1v) is 10.4. The van der Waals surface area contributed by atoms with Crippen molar-refractivity contribution in [3.8, 4) is 22.8 Å². The molecule has 0 fully saturated rings. The molecule has 1 aromatic heterocycles. The Balaban J connectivity index is 2.01. The third kappa shape index (κ3) is 4.98. The van der Waals surface area contributed by atoms with Crippen LogP contribution in [0.5, 0.6) is 5.75 Å². The van der Waals surface area contributed by atoms with Gasteiger partial charge in [-0.15, -0.1) is 10.2 Å². The Bertz CT molecular complexity index is 974. The van der Waals surface area contributed by atoms with Gasteiger partial charge in [-0.05, 0) is 35.2 Å². The highest BCUT2D eigenvalue weighted by Crippen LogP contribution is 2.31. The lowest BCUT2D eigenvalue weighted by molar-refractivity contribution is -0.117. The van der Waals surface area contributed by atoms with Crippen LogP contribution < -0.4 is 10.5 Å². The average molecular weight is 411 g/mol. The first kappa shape index (κ1) is 20.9. The number of carbonyl (C=O) groups excluding carboxylic acids is 1. The lowest BCUT2D eigenvalue weighted by atomic mass is 9.87. The third-order valence-electron chi connectivity index (χ3n) is 4.55. The fourth-order valence-electron chi connectivity index (χ4n) is 2.88. The minimum atomic E-state index is -0.328. The zero-order valence-corrected chi connectivity index (χ0v) is 18.0. The summed E-state index contributed by atoms with van der Waals surface area (Å²) in [5, 5.41) is 9.53. The normalized spacial score (nSPS) is 11.4. The number of hydrogen-bond acceptors (Lipinski definition) is 5. The minimum Gasteiger partial charge on any atom is -0.497 e. The summed E-state index contributed by atoms with van der Waals surface area (Å²) in [7, 11) is 1.64. The number of hydrogen-bond donors (Lipinski definition) is 1. The second-order valence-corrected chi connectivity index (χ2v) is 8.79. The summed E-state index contributed by atoms with van der Waals surface area (Å²) in [6.07, 6.45) is 0.287. The van der Waals surface area contributed by atoms with E-state index in [-0.39, 0.29) is 17.7 Å². The number of nitrogens with two attached hydrogens (primary N) is 1. The van der Waals surface area contributed by atoms with E-state index in [1.54, 1.807) is 7.11 Å². The Labute approximate surface area is 175 Å². The standard InChI is InChI=1S/C22H26N4O2S/c1-22(2,3)16-7-5-15(6-8-16)20-24-25-21(29-14-13-19(23)27)26(20)17-9-11-18(28-4)12-10-17/h5-12H,13-14H2,1-4H3,(H2,23,27).